The molecule has 1 atom stereocenters. The van der Waals surface area contributed by atoms with Crippen LogP contribution in [0.15, 0.2) is 60.1 Å². The third-order valence-corrected chi connectivity index (χ3v) is 4.40. The second-order valence-corrected chi connectivity index (χ2v) is 6.10. The van der Waals surface area contributed by atoms with Crippen molar-refractivity contribution in [1.82, 2.24) is 15.5 Å². The van der Waals surface area contributed by atoms with Gasteiger partial charge in [-0.2, -0.15) is 0 Å². The van der Waals surface area contributed by atoms with Gasteiger partial charge >= 0.3 is 0 Å². The van der Waals surface area contributed by atoms with Gasteiger partial charge in [0.15, 0.2) is 0 Å². The summed E-state index contributed by atoms with van der Waals surface area (Å²) in [4.78, 5) is 14.7. The number of amides is 1. The van der Waals surface area contributed by atoms with Crippen LogP contribution in [-0.4, -0.2) is 17.0 Å². The summed E-state index contributed by atoms with van der Waals surface area (Å²) in [5.74, 6) is 0.200. The molecule has 3 aliphatic rings. The van der Waals surface area contributed by atoms with Crippen LogP contribution in [0.4, 0.5) is 4.39 Å². The predicted molar refractivity (Wildman–Crippen MR) is 85.0 cm³/mol. The third kappa shape index (κ3) is 2.74. The monoisotopic (exact) mass is 311 g/mol. The van der Waals surface area contributed by atoms with Crippen LogP contribution in [0.3, 0.4) is 0 Å². The summed E-state index contributed by atoms with van der Waals surface area (Å²) in [5.41, 5.74) is 2.41. The number of halogens is 1. The maximum absolute atomic E-state index is 12.9. The Morgan fingerprint density at radius 3 is 2.78 bits per heavy atom. The first-order valence-corrected chi connectivity index (χ1v) is 7.89. The largest absolute Gasteiger partial charge is 0.358 e. The lowest BCUT2D eigenvalue weighted by Gasteiger charge is -2.25. The summed E-state index contributed by atoms with van der Waals surface area (Å²) in [7, 11) is 0. The molecule has 2 N–H and O–H groups in total. The molecule has 1 saturated carbocycles. The molecule has 1 aliphatic carbocycles. The molecule has 0 aromatic heterocycles. The molecule has 2 heterocycles. The molecule has 23 heavy (non-hydrogen) atoms. The lowest BCUT2D eigenvalue weighted by molar-refractivity contribution is -0.118. The van der Waals surface area contributed by atoms with Gasteiger partial charge in [0.25, 0.3) is 5.91 Å². The van der Waals surface area contributed by atoms with Crippen molar-refractivity contribution < 1.29 is 9.18 Å². The van der Waals surface area contributed by atoms with Crippen LogP contribution < -0.4 is 10.6 Å². The van der Waals surface area contributed by atoms with Crippen LogP contribution in [0, 0.1) is 11.7 Å². The van der Waals surface area contributed by atoms with Gasteiger partial charge in [0.1, 0.15) is 17.7 Å². The zero-order valence-corrected chi connectivity index (χ0v) is 12.6. The molecule has 0 radical (unpaired) electrons. The first-order valence-electron chi connectivity index (χ1n) is 7.89. The molecule has 0 spiro atoms. The van der Waals surface area contributed by atoms with Crippen molar-refractivity contribution in [2.24, 2.45) is 5.92 Å². The van der Waals surface area contributed by atoms with E-state index < -0.39 is 0 Å². The Bertz CT molecular complexity index is 716. The Hall–Kier alpha value is -2.56. The Kier molecular flexibility index (Phi) is 3.41. The number of allylic oxidation sites excluding steroid dienone is 3. The van der Waals surface area contributed by atoms with E-state index in [1.165, 1.54) is 25.0 Å². The summed E-state index contributed by atoms with van der Waals surface area (Å²) in [6.45, 7) is 0.380. The molecule has 0 bridgehead atoms. The number of rotatable bonds is 4. The van der Waals surface area contributed by atoms with E-state index in [1.54, 1.807) is 12.1 Å². The summed E-state index contributed by atoms with van der Waals surface area (Å²) in [6, 6.07) is 6.16. The Morgan fingerprint density at radius 1 is 1.26 bits per heavy atom. The maximum atomic E-state index is 12.9. The van der Waals surface area contributed by atoms with Gasteiger partial charge in [-0.05, 0) is 48.6 Å². The fraction of sp³-hybridized carbons (Fsp3) is 0.278. The summed E-state index contributed by atoms with van der Waals surface area (Å²) >= 11 is 0. The van der Waals surface area contributed by atoms with Crippen molar-refractivity contribution in [3.8, 4) is 0 Å². The van der Waals surface area contributed by atoms with E-state index in [2.05, 4.69) is 15.5 Å². The van der Waals surface area contributed by atoms with Crippen molar-refractivity contribution in [1.29, 1.82) is 0 Å². The number of fused-ring (bicyclic) bond motifs is 1. The van der Waals surface area contributed by atoms with Crippen LogP contribution in [0.1, 0.15) is 18.4 Å². The van der Waals surface area contributed by atoms with E-state index in [1.807, 2.05) is 24.4 Å². The molecule has 1 aromatic carbocycles. The fourth-order valence-corrected chi connectivity index (χ4v) is 3.01. The number of benzene rings is 1. The van der Waals surface area contributed by atoms with Crippen molar-refractivity contribution in [3.05, 3.63) is 71.5 Å². The molecule has 1 unspecified atom stereocenters. The van der Waals surface area contributed by atoms with Crippen molar-refractivity contribution >= 4 is 5.91 Å². The second kappa shape index (κ2) is 5.57. The van der Waals surface area contributed by atoms with Gasteiger partial charge in [-0.3, -0.25) is 4.79 Å². The van der Waals surface area contributed by atoms with Gasteiger partial charge in [-0.25, -0.2) is 4.39 Å². The molecule has 4 rings (SSSR count). The van der Waals surface area contributed by atoms with Gasteiger partial charge in [0, 0.05) is 12.7 Å². The molecule has 5 heteroatoms. The number of carbonyl (C=O) groups excluding carboxylic acids is 1. The minimum atomic E-state index is -0.274. The average Bonchev–Trinajstić information content (AvgIpc) is 3.34. The van der Waals surface area contributed by atoms with E-state index >= 15 is 0 Å². The number of hydrogen-bond acceptors (Lipinski definition) is 3. The smallest absolute Gasteiger partial charge is 0.269 e. The SMILES string of the molecule is O=C(NCc1ccc(F)cc1)C1=C2C=CC=CN2C(C2CC2)N1. The minimum absolute atomic E-state index is 0.127. The quantitative estimate of drug-likeness (QED) is 0.897. The van der Waals surface area contributed by atoms with Crippen LogP contribution in [0.5, 0.6) is 0 Å². The predicted octanol–water partition coefficient (Wildman–Crippen LogP) is 2.38. The highest BCUT2D eigenvalue weighted by Crippen LogP contribution is 2.39. The van der Waals surface area contributed by atoms with Crippen LogP contribution in [0.25, 0.3) is 0 Å². The first-order chi connectivity index (χ1) is 11.2. The normalized spacial score (nSPS) is 22.1. The van der Waals surface area contributed by atoms with E-state index in [0.717, 1.165) is 11.3 Å². The van der Waals surface area contributed by atoms with E-state index in [4.69, 9.17) is 0 Å². The van der Waals surface area contributed by atoms with Crippen LogP contribution in [0.2, 0.25) is 0 Å². The van der Waals surface area contributed by atoms with E-state index in [-0.39, 0.29) is 17.9 Å². The Morgan fingerprint density at radius 2 is 2.04 bits per heavy atom. The lowest BCUT2D eigenvalue weighted by Crippen LogP contribution is -2.38. The summed E-state index contributed by atoms with van der Waals surface area (Å²) in [5, 5.41) is 6.28. The van der Waals surface area contributed by atoms with Gasteiger partial charge in [0.2, 0.25) is 0 Å². The minimum Gasteiger partial charge on any atom is -0.358 e. The summed E-state index contributed by atoms with van der Waals surface area (Å²) < 4.78 is 12.9. The topological polar surface area (TPSA) is 44.4 Å². The number of carbonyl (C=O) groups is 1. The highest BCUT2D eigenvalue weighted by Gasteiger charge is 2.41. The van der Waals surface area contributed by atoms with Crippen LogP contribution >= 0.6 is 0 Å². The Labute approximate surface area is 134 Å². The molecule has 1 fully saturated rings. The summed E-state index contributed by atoms with van der Waals surface area (Å²) in [6.07, 6.45) is 10.5. The highest BCUT2D eigenvalue weighted by atomic mass is 19.1. The molecule has 0 saturated heterocycles. The maximum Gasteiger partial charge on any atom is 0.269 e. The number of hydrogen-bond donors (Lipinski definition) is 2. The molecule has 1 amide bonds. The zero-order chi connectivity index (χ0) is 15.8. The van der Waals surface area contributed by atoms with Crippen LogP contribution in [-0.2, 0) is 11.3 Å². The second-order valence-electron chi connectivity index (χ2n) is 6.10. The average molecular weight is 311 g/mol. The molecule has 118 valence electrons. The van der Waals surface area contributed by atoms with E-state index in [0.29, 0.717) is 18.2 Å². The van der Waals surface area contributed by atoms with Gasteiger partial charge < -0.3 is 15.5 Å². The molecule has 2 aliphatic heterocycles. The first kappa shape index (κ1) is 14.1. The molecule has 1 aromatic rings. The Balaban J connectivity index is 1.47. The van der Waals surface area contributed by atoms with Crippen molar-refractivity contribution in [2.45, 2.75) is 25.6 Å². The molecular weight excluding hydrogens is 293 g/mol. The third-order valence-electron chi connectivity index (χ3n) is 4.40. The molecule has 4 nitrogen and oxygen atoms in total. The molecular formula is C18H18FN3O. The number of nitrogens with one attached hydrogen (secondary N) is 2. The lowest BCUT2D eigenvalue weighted by atomic mass is 10.2. The van der Waals surface area contributed by atoms with E-state index in [9.17, 15) is 9.18 Å². The zero-order valence-electron chi connectivity index (χ0n) is 12.6. The fourth-order valence-electron chi connectivity index (χ4n) is 3.01. The van der Waals surface area contributed by atoms with Gasteiger partial charge in [0.05, 0.1) is 5.70 Å². The van der Waals surface area contributed by atoms with Gasteiger partial charge in [-0.15, -0.1) is 0 Å². The van der Waals surface area contributed by atoms with Crippen molar-refractivity contribution in [2.75, 3.05) is 0 Å². The van der Waals surface area contributed by atoms with Crippen molar-refractivity contribution in [3.63, 3.8) is 0 Å². The highest BCUT2D eigenvalue weighted by molar-refractivity contribution is 5.94. The number of nitrogens with zero attached hydrogens (tertiary/aromatic N) is 1. The standard InChI is InChI=1S/C18H18FN3O/c19-14-8-4-12(5-9-14)11-20-18(23)16-15-3-1-2-10-22(15)17(21-16)13-6-7-13/h1-5,8-10,13,17,21H,6-7,11H2,(H,20,23). The van der Waals surface area contributed by atoms with Gasteiger partial charge in [-0.1, -0.05) is 18.2 Å².